The summed E-state index contributed by atoms with van der Waals surface area (Å²) in [6, 6.07) is 8.71. The third kappa shape index (κ3) is 4.39. The molecular formula is C11H10BrCl3Zr. The number of fused-ring (bicyclic) bond motifs is 1. The molecule has 0 N–H and O–H groups in total. The summed E-state index contributed by atoms with van der Waals surface area (Å²) in [5.41, 5.74) is 2.67. The van der Waals surface area contributed by atoms with Crippen molar-refractivity contribution < 1.29 is 63.4 Å². The van der Waals surface area contributed by atoms with Crippen LogP contribution in [-0.2, 0) is 26.2 Å². The molecule has 2 rings (SSSR count). The van der Waals surface area contributed by atoms with Crippen molar-refractivity contribution in [2.24, 2.45) is 0 Å². The van der Waals surface area contributed by atoms with Gasteiger partial charge in [-0.2, -0.15) is 6.07 Å². The molecule has 0 saturated heterocycles. The molecule has 0 atom stereocenters. The standard InChI is InChI=1S/C11H10Br.3ClH.Zr/c1-7-5-9-3-4-11(12)8(2)10(9)6-7;;;;/h3-6H,1-2H3;3*1H;/q-1;;;;+4/p-3. The number of hydrogen-bond donors (Lipinski definition) is 0. The van der Waals surface area contributed by atoms with Gasteiger partial charge in [0.25, 0.3) is 0 Å². The average molecular weight is 420 g/mol. The van der Waals surface area contributed by atoms with E-state index < -0.39 is 0 Å². The van der Waals surface area contributed by atoms with Crippen LogP contribution in [0, 0.1) is 13.8 Å². The first kappa shape index (κ1) is 22.3. The van der Waals surface area contributed by atoms with Gasteiger partial charge in [-0.3, -0.25) is 0 Å². The fraction of sp³-hybridized carbons (Fsp3) is 0.182. The Bertz CT molecular complexity index is 440. The average Bonchev–Trinajstić information content (AvgIpc) is 2.39. The molecule has 0 amide bonds. The number of aryl methyl sites for hydroxylation is 2. The van der Waals surface area contributed by atoms with E-state index in [1.807, 2.05) is 0 Å². The molecule has 5 heteroatoms. The second-order valence-electron chi connectivity index (χ2n) is 3.21. The van der Waals surface area contributed by atoms with E-state index in [4.69, 9.17) is 0 Å². The fourth-order valence-electron chi connectivity index (χ4n) is 1.55. The van der Waals surface area contributed by atoms with Crippen LogP contribution < -0.4 is 37.2 Å². The Balaban J connectivity index is -0.000000422. The quantitative estimate of drug-likeness (QED) is 0.375. The van der Waals surface area contributed by atoms with Crippen molar-refractivity contribution in [1.29, 1.82) is 0 Å². The Morgan fingerprint density at radius 1 is 1.06 bits per heavy atom. The van der Waals surface area contributed by atoms with Crippen LogP contribution in [0.2, 0.25) is 0 Å². The van der Waals surface area contributed by atoms with Crippen molar-refractivity contribution in [2.75, 3.05) is 0 Å². The maximum atomic E-state index is 3.53. The van der Waals surface area contributed by atoms with Crippen LogP contribution in [0.1, 0.15) is 11.1 Å². The fourth-order valence-corrected chi connectivity index (χ4v) is 1.90. The summed E-state index contributed by atoms with van der Waals surface area (Å²) in [7, 11) is 0. The summed E-state index contributed by atoms with van der Waals surface area (Å²) in [6.45, 7) is 4.28. The van der Waals surface area contributed by atoms with Crippen LogP contribution in [0.4, 0.5) is 0 Å². The molecule has 2 aromatic carbocycles. The number of halogens is 4. The van der Waals surface area contributed by atoms with Crippen molar-refractivity contribution in [3.05, 3.63) is 39.9 Å². The van der Waals surface area contributed by atoms with Crippen LogP contribution in [-0.4, -0.2) is 0 Å². The first-order chi connectivity index (χ1) is 5.68. The molecule has 0 aromatic heterocycles. The van der Waals surface area contributed by atoms with Crippen molar-refractivity contribution in [2.45, 2.75) is 13.8 Å². The molecule has 0 nitrogen and oxygen atoms in total. The molecule has 0 bridgehead atoms. The normalized spacial score (nSPS) is 8.19. The van der Waals surface area contributed by atoms with Crippen LogP contribution in [0.5, 0.6) is 0 Å². The van der Waals surface area contributed by atoms with E-state index in [1.54, 1.807) is 0 Å². The van der Waals surface area contributed by atoms with E-state index in [-0.39, 0.29) is 63.4 Å². The van der Waals surface area contributed by atoms with Gasteiger partial charge in [0.2, 0.25) is 0 Å². The topological polar surface area (TPSA) is 0 Å². The SMILES string of the molecule is Cc1cc2c(C)c(Br)ccc2[cH-]1.[Cl-].[Cl-].[Cl-].[Zr+4]. The van der Waals surface area contributed by atoms with Gasteiger partial charge in [0, 0.05) is 4.47 Å². The van der Waals surface area contributed by atoms with E-state index in [0.29, 0.717) is 0 Å². The Kier molecular flexibility index (Phi) is 12.6. The first-order valence-electron chi connectivity index (χ1n) is 4.00. The van der Waals surface area contributed by atoms with Gasteiger partial charge in [0.05, 0.1) is 0 Å². The van der Waals surface area contributed by atoms with Crippen LogP contribution in [0.3, 0.4) is 0 Å². The third-order valence-electron chi connectivity index (χ3n) is 2.24. The van der Waals surface area contributed by atoms with Gasteiger partial charge < -0.3 is 37.2 Å². The molecular weight excluding hydrogens is 410 g/mol. The Morgan fingerprint density at radius 3 is 2.19 bits per heavy atom. The van der Waals surface area contributed by atoms with E-state index in [1.165, 1.54) is 26.4 Å². The molecule has 86 valence electrons. The van der Waals surface area contributed by atoms with Crippen LogP contribution in [0.15, 0.2) is 28.7 Å². The maximum Gasteiger partial charge on any atom is 4.00 e. The van der Waals surface area contributed by atoms with Crippen molar-refractivity contribution in [1.82, 2.24) is 0 Å². The first-order valence-corrected chi connectivity index (χ1v) is 4.80. The molecule has 0 aliphatic carbocycles. The molecule has 0 spiro atoms. The summed E-state index contributed by atoms with van der Waals surface area (Å²) in [5.74, 6) is 0. The summed E-state index contributed by atoms with van der Waals surface area (Å²) < 4.78 is 1.20. The number of rotatable bonds is 0. The van der Waals surface area contributed by atoms with Gasteiger partial charge in [-0.15, -0.1) is 28.5 Å². The van der Waals surface area contributed by atoms with Gasteiger partial charge in [-0.25, -0.2) is 0 Å². The molecule has 0 fully saturated rings. The molecule has 2 aromatic rings. The van der Waals surface area contributed by atoms with Gasteiger partial charge in [0.15, 0.2) is 0 Å². The number of hydrogen-bond acceptors (Lipinski definition) is 0. The number of benzene rings is 1. The maximum absolute atomic E-state index is 3.53. The molecule has 0 aliphatic heterocycles. The van der Waals surface area contributed by atoms with E-state index in [2.05, 4.69) is 54.0 Å². The Hall–Kier alpha value is 1.06. The van der Waals surface area contributed by atoms with Gasteiger partial charge in [0.1, 0.15) is 0 Å². The second kappa shape index (κ2) is 9.05. The van der Waals surface area contributed by atoms with E-state index >= 15 is 0 Å². The summed E-state index contributed by atoms with van der Waals surface area (Å²) >= 11 is 3.53. The monoisotopic (exact) mass is 416 g/mol. The van der Waals surface area contributed by atoms with Crippen molar-refractivity contribution in [3.63, 3.8) is 0 Å². The largest absolute Gasteiger partial charge is 4.00 e. The minimum Gasteiger partial charge on any atom is -1.00 e. The molecule has 0 radical (unpaired) electrons. The minimum atomic E-state index is 0. The molecule has 0 unspecified atom stereocenters. The van der Waals surface area contributed by atoms with Gasteiger partial charge in [-0.1, -0.05) is 34.5 Å². The van der Waals surface area contributed by atoms with Crippen molar-refractivity contribution in [3.8, 4) is 0 Å². The van der Waals surface area contributed by atoms with Crippen LogP contribution >= 0.6 is 15.9 Å². The minimum absolute atomic E-state index is 0. The summed E-state index contributed by atoms with van der Waals surface area (Å²) in [5, 5.41) is 2.70. The second-order valence-corrected chi connectivity index (χ2v) is 4.06. The van der Waals surface area contributed by atoms with E-state index in [9.17, 15) is 0 Å². The zero-order valence-corrected chi connectivity index (χ0v) is 15.1. The predicted molar refractivity (Wildman–Crippen MR) is 56.7 cm³/mol. The molecule has 16 heavy (non-hydrogen) atoms. The van der Waals surface area contributed by atoms with Crippen molar-refractivity contribution >= 4 is 26.7 Å². The Morgan fingerprint density at radius 2 is 1.62 bits per heavy atom. The zero-order chi connectivity index (χ0) is 8.72. The summed E-state index contributed by atoms with van der Waals surface area (Å²) in [6.07, 6.45) is 0. The molecule has 0 aliphatic rings. The van der Waals surface area contributed by atoms with E-state index in [0.717, 1.165) is 0 Å². The third-order valence-corrected chi connectivity index (χ3v) is 3.10. The van der Waals surface area contributed by atoms with Gasteiger partial charge >= 0.3 is 26.2 Å². The van der Waals surface area contributed by atoms with Crippen LogP contribution in [0.25, 0.3) is 10.8 Å². The smallest absolute Gasteiger partial charge is 1.00 e. The Labute approximate surface area is 142 Å². The van der Waals surface area contributed by atoms with Gasteiger partial charge in [-0.05, 0) is 6.92 Å². The summed E-state index contributed by atoms with van der Waals surface area (Å²) in [4.78, 5) is 0. The predicted octanol–water partition coefficient (Wildman–Crippen LogP) is -5.05. The molecule has 0 saturated carbocycles. The zero-order valence-electron chi connectivity index (χ0n) is 8.82. The molecule has 0 heterocycles.